The van der Waals surface area contributed by atoms with Crippen LogP contribution >= 0.6 is 0 Å². The maximum absolute atomic E-state index is 9.56. The normalized spacial score (nSPS) is 33.9. The summed E-state index contributed by atoms with van der Waals surface area (Å²) in [5, 5.41) is 13.1. The van der Waals surface area contributed by atoms with Crippen molar-refractivity contribution in [1.82, 2.24) is 10.2 Å². The van der Waals surface area contributed by atoms with Gasteiger partial charge in [-0.3, -0.25) is 0 Å². The van der Waals surface area contributed by atoms with Crippen LogP contribution in [0.4, 0.5) is 0 Å². The highest BCUT2D eigenvalue weighted by molar-refractivity contribution is 4.93. The number of hydrogen-bond donors (Lipinski definition) is 2. The summed E-state index contributed by atoms with van der Waals surface area (Å²) in [5.41, 5.74) is -0.0732. The van der Waals surface area contributed by atoms with Gasteiger partial charge in [0.25, 0.3) is 0 Å². The second-order valence-electron chi connectivity index (χ2n) is 6.60. The van der Waals surface area contributed by atoms with Crippen molar-refractivity contribution >= 4 is 0 Å². The van der Waals surface area contributed by atoms with Gasteiger partial charge >= 0.3 is 0 Å². The van der Waals surface area contributed by atoms with Crippen LogP contribution in [0.15, 0.2) is 0 Å². The van der Waals surface area contributed by atoms with E-state index in [4.69, 9.17) is 0 Å². The third-order valence-electron chi connectivity index (χ3n) is 4.52. The topological polar surface area (TPSA) is 35.5 Å². The van der Waals surface area contributed by atoms with Crippen molar-refractivity contribution in [1.29, 1.82) is 0 Å². The number of aliphatic hydroxyl groups excluding tert-OH is 1. The Morgan fingerprint density at radius 2 is 1.82 bits per heavy atom. The largest absolute Gasteiger partial charge is 0.394 e. The van der Waals surface area contributed by atoms with Gasteiger partial charge in [-0.25, -0.2) is 0 Å². The van der Waals surface area contributed by atoms with Gasteiger partial charge in [-0.15, -0.1) is 0 Å². The first kappa shape index (κ1) is 13.3. The van der Waals surface area contributed by atoms with Crippen LogP contribution in [0.2, 0.25) is 0 Å². The minimum absolute atomic E-state index is 0.0732. The van der Waals surface area contributed by atoms with Crippen LogP contribution in [0.1, 0.15) is 40.0 Å². The van der Waals surface area contributed by atoms with Crippen molar-refractivity contribution in [3.05, 3.63) is 0 Å². The van der Waals surface area contributed by atoms with Crippen molar-refractivity contribution in [2.45, 2.75) is 51.6 Å². The Morgan fingerprint density at radius 3 is 2.29 bits per heavy atom. The lowest BCUT2D eigenvalue weighted by atomic mass is 9.98. The van der Waals surface area contributed by atoms with E-state index >= 15 is 0 Å². The molecule has 0 spiro atoms. The molecule has 0 bridgehead atoms. The van der Waals surface area contributed by atoms with E-state index < -0.39 is 0 Å². The number of rotatable bonds is 6. The Hall–Kier alpha value is -0.120. The highest BCUT2D eigenvalue weighted by atomic mass is 16.3. The molecule has 0 aromatic carbocycles. The van der Waals surface area contributed by atoms with E-state index in [0.717, 1.165) is 24.8 Å². The first-order valence-electron chi connectivity index (χ1n) is 7.13. The van der Waals surface area contributed by atoms with Gasteiger partial charge in [0.2, 0.25) is 0 Å². The molecule has 1 saturated carbocycles. The molecule has 100 valence electrons. The van der Waals surface area contributed by atoms with Crippen LogP contribution in [-0.4, -0.2) is 47.8 Å². The molecule has 0 radical (unpaired) electrons. The summed E-state index contributed by atoms with van der Waals surface area (Å²) in [6, 6.07) is 0.670. The van der Waals surface area contributed by atoms with E-state index in [-0.39, 0.29) is 12.1 Å². The zero-order valence-electron chi connectivity index (χ0n) is 11.6. The number of likely N-dealkylation sites (tertiary alicyclic amines) is 1. The smallest absolute Gasteiger partial charge is 0.0611 e. The molecule has 0 aromatic heterocycles. The molecule has 2 fully saturated rings. The fourth-order valence-electron chi connectivity index (χ4n) is 2.75. The van der Waals surface area contributed by atoms with E-state index in [0.29, 0.717) is 6.04 Å². The zero-order valence-corrected chi connectivity index (χ0v) is 11.6. The molecule has 17 heavy (non-hydrogen) atoms. The summed E-state index contributed by atoms with van der Waals surface area (Å²) >= 11 is 0. The quantitative estimate of drug-likeness (QED) is 0.738. The van der Waals surface area contributed by atoms with Crippen molar-refractivity contribution in [2.75, 3.05) is 26.2 Å². The van der Waals surface area contributed by atoms with Crippen LogP contribution < -0.4 is 5.32 Å². The first-order valence-corrected chi connectivity index (χ1v) is 7.13. The van der Waals surface area contributed by atoms with Gasteiger partial charge in [-0.1, -0.05) is 13.8 Å². The van der Waals surface area contributed by atoms with E-state index in [1.165, 1.54) is 25.9 Å². The molecule has 3 atom stereocenters. The molecule has 1 saturated heterocycles. The number of nitrogens with zero attached hydrogens (tertiary/aromatic N) is 1. The molecule has 1 aliphatic heterocycles. The highest BCUT2D eigenvalue weighted by Gasteiger charge is 2.33. The second kappa shape index (κ2) is 5.25. The van der Waals surface area contributed by atoms with E-state index in [1.54, 1.807) is 0 Å². The minimum atomic E-state index is -0.0732. The van der Waals surface area contributed by atoms with Gasteiger partial charge in [0.1, 0.15) is 0 Å². The molecule has 2 N–H and O–H groups in total. The predicted octanol–water partition coefficient (Wildman–Crippen LogP) is 1.47. The summed E-state index contributed by atoms with van der Waals surface area (Å²) in [6.07, 6.45) is 3.63. The number of nitrogens with one attached hydrogen (secondary N) is 1. The average Bonchev–Trinajstić information content (AvgIpc) is 3.03. The molecular weight excluding hydrogens is 212 g/mol. The molecule has 1 aliphatic carbocycles. The Morgan fingerprint density at radius 1 is 1.24 bits per heavy atom. The summed E-state index contributed by atoms with van der Waals surface area (Å²) in [4.78, 5) is 2.55. The summed E-state index contributed by atoms with van der Waals surface area (Å²) in [5.74, 6) is 1.65. The van der Waals surface area contributed by atoms with E-state index in [1.807, 2.05) is 0 Å². The Balaban J connectivity index is 1.75. The first-order chi connectivity index (χ1) is 8.02. The predicted molar refractivity (Wildman–Crippen MR) is 71.0 cm³/mol. The molecule has 2 rings (SSSR count). The summed E-state index contributed by atoms with van der Waals surface area (Å²) in [7, 11) is 0. The third-order valence-corrected chi connectivity index (χ3v) is 4.52. The molecule has 3 unspecified atom stereocenters. The SMILES string of the molecule is CC1CN(CCC(C)(CO)NC2CC2)CC1C. The summed E-state index contributed by atoms with van der Waals surface area (Å²) in [6.45, 7) is 10.7. The van der Waals surface area contributed by atoms with Gasteiger partial charge in [0, 0.05) is 24.7 Å². The Bertz CT molecular complexity index is 245. The van der Waals surface area contributed by atoms with E-state index in [9.17, 15) is 5.11 Å². The molecule has 0 amide bonds. The molecule has 3 nitrogen and oxygen atoms in total. The van der Waals surface area contributed by atoms with Crippen LogP contribution in [0, 0.1) is 11.8 Å². The Kier molecular flexibility index (Phi) is 4.11. The molecule has 2 aliphatic rings. The fraction of sp³-hybridized carbons (Fsp3) is 1.00. The lowest BCUT2D eigenvalue weighted by molar-refractivity contribution is 0.148. The second-order valence-corrected chi connectivity index (χ2v) is 6.60. The highest BCUT2D eigenvalue weighted by Crippen LogP contribution is 2.26. The van der Waals surface area contributed by atoms with Crippen LogP contribution in [0.5, 0.6) is 0 Å². The Labute approximate surface area is 106 Å². The maximum atomic E-state index is 9.56. The van der Waals surface area contributed by atoms with Crippen molar-refractivity contribution < 1.29 is 5.11 Å². The number of aliphatic hydroxyl groups is 1. The zero-order chi connectivity index (χ0) is 12.5. The number of hydrogen-bond acceptors (Lipinski definition) is 3. The van der Waals surface area contributed by atoms with Gasteiger partial charge in [0.15, 0.2) is 0 Å². The molecule has 3 heteroatoms. The molecule has 0 aromatic rings. The lowest BCUT2D eigenvalue weighted by Gasteiger charge is -2.31. The van der Waals surface area contributed by atoms with Gasteiger partial charge < -0.3 is 15.3 Å². The average molecular weight is 240 g/mol. The van der Waals surface area contributed by atoms with Crippen molar-refractivity contribution in [2.24, 2.45) is 11.8 Å². The maximum Gasteiger partial charge on any atom is 0.0611 e. The van der Waals surface area contributed by atoms with Gasteiger partial charge in [0.05, 0.1) is 6.61 Å². The van der Waals surface area contributed by atoms with Crippen molar-refractivity contribution in [3.63, 3.8) is 0 Å². The lowest BCUT2D eigenvalue weighted by Crippen LogP contribution is -2.49. The minimum Gasteiger partial charge on any atom is -0.394 e. The standard InChI is InChI=1S/C14H28N2O/c1-11-8-16(9-12(11)2)7-6-14(3,10-17)15-13-4-5-13/h11-13,15,17H,4-10H2,1-3H3. The van der Waals surface area contributed by atoms with Crippen LogP contribution in [0.3, 0.4) is 0 Å². The molecule has 1 heterocycles. The van der Waals surface area contributed by atoms with Crippen LogP contribution in [0.25, 0.3) is 0 Å². The van der Waals surface area contributed by atoms with Crippen molar-refractivity contribution in [3.8, 4) is 0 Å². The molecular formula is C14H28N2O. The van der Waals surface area contributed by atoms with E-state index in [2.05, 4.69) is 31.0 Å². The monoisotopic (exact) mass is 240 g/mol. The van der Waals surface area contributed by atoms with Gasteiger partial charge in [-0.05, 0) is 44.6 Å². The fourth-order valence-corrected chi connectivity index (χ4v) is 2.75. The summed E-state index contributed by atoms with van der Waals surface area (Å²) < 4.78 is 0. The van der Waals surface area contributed by atoms with Gasteiger partial charge in [-0.2, -0.15) is 0 Å². The third kappa shape index (κ3) is 3.67. The van der Waals surface area contributed by atoms with Crippen LogP contribution in [-0.2, 0) is 0 Å².